The molecule has 0 spiro atoms. The largest absolute Gasteiger partial charge is 0.383 e. The lowest BCUT2D eigenvalue weighted by Gasteiger charge is -2.17. The summed E-state index contributed by atoms with van der Waals surface area (Å²) >= 11 is 2.33. The van der Waals surface area contributed by atoms with Gasteiger partial charge in [0.2, 0.25) is 0 Å². The molecule has 17 heavy (non-hydrogen) atoms. The standard InChI is InChI=1S/C13H21IN2O/c1-16(9-7-15-8-10-17-2)11-12-3-5-13(14)6-4-12/h3-6,15H,7-11H2,1-2H3. The molecule has 1 N–H and O–H groups in total. The predicted octanol–water partition coefficient (Wildman–Crippen LogP) is 1.96. The zero-order valence-electron chi connectivity index (χ0n) is 10.6. The van der Waals surface area contributed by atoms with Crippen LogP contribution < -0.4 is 5.32 Å². The van der Waals surface area contributed by atoms with E-state index in [1.165, 1.54) is 9.13 Å². The molecule has 0 atom stereocenters. The van der Waals surface area contributed by atoms with Gasteiger partial charge in [0.15, 0.2) is 0 Å². The first-order valence-corrected chi connectivity index (χ1v) is 6.93. The van der Waals surface area contributed by atoms with Crippen LogP contribution in [0.1, 0.15) is 5.56 Å². The molecule has 0 fully saturated rings. The quantitative estimate of drug-likeness (QED) is 0.574. The summed E-state index contributed by atoms with van der Waals surface area (Å²) in [5.74, 6) is 0. The fourth-order valence-corrected chi connectivity index (χ4v) is 1.91. The molecular formula is C13H21IN2O. The second kappa shape index (κ2) is 8.85. The number of halogens is 1. The topological polar surface area (TPSA) is 24.5 Å². The maximum absolute atomic E-state index is 4.98. The first kappa shape index (κ1) is 14.9. The zero-order valence-corrected chi connectivity index (χ0v) is 12.7. The molecule has 0 saturated heterocycles. The van der Waals surface area contributed by atoms with Gasteiger partial charge in [-0.15, -0.1) is 0 Å². The maximum Gasteiger partial charge on any atom is 0.0587 e. The maximum atomic E-state index is 4.98. The van der Waals surface area contributed by atoms with E-state index in [1.807, 2.05) is 0 Å². The Morgan fingerprint density at radius 1 is 1.24 bits per heavy atom. The van der Waals surface area contributed by atoms with Gasteiger partial charge in [0.25, 0.3) is 0 Å². The highest BCUT2D eigenvalue weighted by atomic mass is 127. The van der Waals surface area contributed by atoms with Crippen LogP contribution in [0.4, 0.5) is 0 Å². The lowest BCUT2D eigenvalue weighted by atomic mass is 10.2. The van der Waals surface area contributed by atoms with Crippen molar-refractivity contribution in [2.75, 3.05) is 40.4 Å². The summed E-state index contributed by atoms with van der Waals surface area (Å²) in [6.07, 6.45) is 0. The van der Waals surface area contributed by atoms with Crippen molar-refractivity contribution >= 4 is 22.6 Å². The van der Waals surface area contributed by atoms with Gasteiger partial charge >= 0.3 is 0 Å². The fraction of sp³-hybridized carbons (Fsp3) is 0.538. The van der Waals surface area contributed by atoms with E-state index in [-0.39, 0.29) is 0 Å². The summed E-state index contributed by atoms with van der Waals surface area (Å²) in [4.78, 5) is 2.32. The normalized spacial score (nSPS) is 11.1. The van der Waals surface area contributed by atoms with E-state index in [0.29, 0.717) is 0 Å². The second-order valence-corrected chi connectivity index (χ2v) is 5.35. The lowest BCUT2D eigenvalue weighted by Crippen LogP contribution is -2.30. The third-order valence-corrected chi connectivity index (χ3v) is 3.24. The van der Waals surface area contributed by atoms with Gasteiger partial charge < -0.3 is 15.0 Å². The third kappa shape index (κ3) is 6.98. The molecule has 0 saturated carbocycles. The summed E-state index contributed by atoms with van der Waals surface area (Å²) in [6, 6.07) is 8.69. The molecule has 1 aromatic carbocycles. The molecule has 1 rings (SSSR count). The smallest absolute Gasteiger partial charge is 0.0587 e. The van der Waals surface area contributed by atoms with Crippen LogP contribution >= 0.6 is 22.6 Å². The second-order valence-electron chi connectivity index (χ2n) is 4.11. The SMILES string of the molecule is COCCNCCN(C)Cc1ccc(I)cc1. The lowest BCUT2D eigenvalue weighted by molar-refractivity contribution is 0.197. The number of rotatable bonds is 8. The third-order valence-electron chi connectivity index (χ3n) is 2.52. The minimum absolute atomic E-state index is 0.779. The Morgan fingerprint density at radius 2 is 1.94 bits per heavy atom. The summed E-state index contributed by atoms with van der Waals surface area (Å²) in [6.45, 7) is 4.76. The molecule has 0 aliphatic heterocycles. The molecule has 0 heterocycles. The van der Waals surface area contributed by atoms with Crippen LogP contribution in [0.5, 0.6) is 0 Å². The van der Waals surface area contributed by atoms with Crippen LogP contribution in [0.25, 0.3) is 0 Å². The van der Waals surface area contributed by atoms with E-state index in [2.05, 4.69) is 64.1 Å². The van der Waals surface area contributed by atoms with Crippen molar-refractivity contribution in [3.63, 3.8) is 0 Å². The van der Waals surface area contributed by atoms with Crippen LogP contribution in [-0.2, 0) is 11.3 Å². The van der Waals surface area contributed by atoms with Crippen molar-refractivity contribution in [2.45, 2.75) is 6.54 Å². The minimum Gasteiger partial charge on any atom is -0.383 e. The van der Waals surface area contributed by atoms with Crippen molar-refractivity contribution in [1.29, 1.82) is 0 Å². The van der Waals surface area contributed by atoms with Crippen LogP contribution in [0.3, 0.4) is 0 Å². The molecule has 0 unspecified atom stereocenters. The van der Waals surface area contributed by atoms with Gasteiger partial charge in [0.1, 0.15) is 0 Å². The molecule has 1 aromatic rings. The summed E-state index contributed by atoms with van der Waals surface area (Å²) in [5.41, 5.74) is 1.37. The number of ether oxygens (including phenoxy) is 1. The van der Waals surface area contributed by atoms with Crippen molar-refractivity contribution in [3.05, 3.63) is 33.4 Å². The summed E-state index contributed by atoms with van der Waals surface area (Å²) < 4.78 is 6.27. The molecule has 3 nitrogen and oxygen atoms in total. The van der Waals surface area contributed by atoms with E-state index in [9.17, 15) is 0 Å². The summed E-state index contributed by atoms with van der Waals surface area (Å²) in [7, 11) is 3.88. The molecule has 4 heteroatoms. The summed E-state index contributed by atoms with van der Waals surface area (Å²) in [5, 5.41) is 3.34. The van der Waals surface area contributed by atoms with Crippen LogP contribution in [0.2, 0.25) is 0 Å². The molecule has 0 radical (unpaired) electrons. The van der Waals surface area contributed by atoms with E-state index in [0.717, 1.165) is 32.8 Å². The zero-order chi connectivity index (χ0) is 12.5. The van der Waals surface area contributed by atoms with E-state index in [4.69, 9.17) is 4.74 Å². The predicted molar refractivity (Wildman–Crippen MR) is 80.2 cm³/mol. The van der Waals surface area contributed by atoms with Gasteiger partial charge in [-0.25, -0.2) is 0 Å². The highest BCUT2D eigenvalue weighted by Gasteiger charge is 1.99. The van der Waals surface area contributed by atoms with Gasteiger partial charge in [-0.2, -0.15) is 0 Å². The van der Waals surface area contributed by atoms with Crippen molar-refractivity contribution in [2.24, 2.45) is 0 Å². The fourth-order valence-electron chi connectivity index (χ4n) is 1.55. The van der Waals surface area contributed by atoms with Gasteiger partial charge in [0.05, 0.1) is 6.61 Å². The number of benzene rings is 1. The number of likely N-dealkylation sites (N-methyl/N-ethyl adjacent to an activating group) is 1. The number of nitrogens with zero attached hydrogens (tertiary/aromatic N) is 1. The highest BCUT2D eigenvalue weighted by molar-refractivity contribution is 14.1. The van der Waals surface area contributed by atoms with Crippen molar-refractivity contribution in [3.8, 4) is 0 Å². The average molecular weight is 348 g/mol. The minimum atomic E-state index is 0.779. The molecule has 0 aliphatic carbocycles. The molecule has 96 valence electrons. The highest BCUT2D eigenvalue weighted by Crippen LogP contribution is 2.08. The number of hydrogen-bond donors (Lipinski definition) is 1. The van der Waals surface area contributed by atoms with E-state index < -0.39 is 0 Å². The van der Waals surface area contributed by atoms with Crippen LogP contribution in [0.15, 0.2) is 24.3 Å². The Morgan fingerprint density at radius 3 is 2.59 bits per heavy atom. The van der Waals surface area contributed by atoms with Crippen LogP contribution in [-0.4, -0.2) is 45.3 Å². The molecular weight excluding hydrogens is 327 g/mol. The number of methoxy groups -OCH3 is 1. The Labute approximate surface area is 118 Å². The Hall–Kier alpha value is -0.170. The monoisotopic (exact) mass is 348 g/mol. The van der Waals surface area contributed by atoms with Gasteiger partial charge in [-0.1, -0.05) is 12.1 Å². The average Bonchev–Trinajstić information content (AvgIpc) is 2.32. The van der Waals surface area contributed by atoms with Crippen molar-refractivity contribution in [1.82, 2.24) is 10.2 Å². The Kier molecular flexibility index (Phi) is 7.75. The van der Waals surface area contributed by atoms with Gasteiger partial charge in [-0.3, -0.25) is 0 Å². The molecule has 0 amide bonds. The number of nitrogens with one attached hydrogen (secondary N) is 1. The molecule has 0 aliphatic rings. The van der Waals surface area contributed by atoms with E-state index in [1.54, 1.807) is 7.11 Å². The first-order chi connectivity index (χ1) is 8.22. The Balaban J connectivity index is 2.16. The molecule has 0 bridgehead atoms. The Bertz CT molecular complexity index is 303. The van der Waals surface area contributed by atoms with E-state index >= 15 is 0 Å². The molecule has 0 aromatic heterocycles. The van der Waals surface area contributed by atoms with Crippen molar-refractivity contribution < 1.29 is 4.74 Å². The van der Waals surface area contributed by atoms with Gasteiger partial charge in [-0.05, 0) is 47.3 Å². The first-order valence-electron chi connectivity index (χ1n) is 5.85. The number of hydrogen-bond acceptors (Lipinski definition) is 3. The van der Waals surface area contributed by atoms with Gasteiger partial charge in [0, 0.05) is 36.9 Å². The van der Waals surface area contributed by atoms with Crippen LogP contribution in [0, 0.1) is 3.57 Å².